The van der Waals surface area contributed by atoms with Crippen LogP contribution in [0.1, 0.15) is 5.56 Å². The molecule has 0 unspecified atom stereocenters. The van der Waals surface area contributed by atoms with E-state index < -0.39 is 10.0 Å². The zero-order chi connectivity index (χ0) is 14.2. The second-order valence-electron chi connectivity index (χ2n) is 3.76. The number of hydrogen-bond donors (Lipinski definition) is 4. The first-order valence-corrected chi connectivity index (χ1v) is 7.67. The van der Waals surface area contributed by atoms with E-state index in [9.17, 15) is 13.2 Å². The van der Waals surface area contributed by atoms with Crippen molar-refractivity contribution in [2.45, 2.75) is 11.3 Å². The molecule has 0 saturated heterocycles. The van der Waals surface area contributed by atoms with E-state index in [2.05, 4.69) is 38.9 Å². The molecule has 10 heteroatoms. The molecule has 0 fully saturated rings. The van der Waals surface area contributed by atoms with Gasteiger partial charge >= 0.3 is 0 Å². The number of hydrogen-bond acceptors (Lipinski definition) is 4. The lowest BCUT2D eigenvalue weighted by molar-refractivity contribution is -0.115. The van der Waals surface area contributed by atoms with Gasteiger partial charge in [-0.1, -0.05) is 0 Å². The number of thiocarbonyl (C=S) groups is 1. The van der Waals surface area contributed by atoms with Gasteiger partial charge in [-0.3, -0.25) is 10.2 Å². The summed E-state index contributed by atoms with van der Waals surface area (Å²) in [5.41, 5.74) is 8.52. The van der Waals surface area contributed by atoms with Gasteiger partial charge in [0.05, 0.1) is 11.3 Å². The molecule has 0 aliphatic carbocycles. The third-order valence-corrected chi connectivity index (χ3v) is 4.69. The molecule has 1 heterocycles. The SMILES string of the molecule is NC(=S)NNS(=O)(=O)c1cc2c(cc1Br)NC(=O)C2. The number of carbonyl (C=O) groups is 1. The average Bonchev–Trinajstić information content (AvgIpc) is 2.64. The Morgan fingerprint density at radius 1 is 1.47 bits per heavy atom. The summed E-state index contributed by atoms with van der Waals surface area (Å²) in [5.74, 6) is -0.175. The minimum absolute atomic E-state index is 0.00787. The molecule has 0 radical (unpaired) electrons. The summed E-state index contributed by atoms with van der Waals surface area (Å²) in [6, 6.07) is 2.95. The number of halogens is 1. The standard InChI is InChI=1S/C9H9BrN4O3S2/c10-5-3-6-4(2-8(15)12-6)1-7(5)19(16,17)14-13-9(11)18/h1,3,14H,2H2,(H,12,15)(H3,11,13,18). The van der Waals surface area contributed by atoms with Crippen molar-refractivity contribution in [1.82, 2.24) is 10.3 Å². The van der Waals surface area contributed by atoms with Gasteiger partial charge < -0.3 is 11.1 Å². The molecule has 0 spiro atoms. The monoisotopic (exact) mass is 364 g/mol. The second kappa shape index (κ2) is 5.04. The molecule has 1 aromatic carbocycles. The van der Waals surface area contributed by atoms with Crippen LogP contribution in [0.5, 0.6) is 0 Å². The van der Waals surface area contributed by atoms with E-state index in [1.807, 2.05) is 4.83 Å². The molecule has 5 N–H and O–H groups in total. The Bertz CT molecular complexity index is 674. The first-order chi connectivity index (χ1) is 8.79. The smallest absolute Gasteiger partial charge is 0.258 e. The Labute approximate surface area is 123 Å². The van der Waals surface area contributed by atoms with Crippen LogP contribution in [-0.4, -0.2) is 19.4 Å². The summed E-state index contributed by atoms with van der Waals surface area (Å²) in [6.45, 7) is 0. The van der Waals surface area contributed by atoms with Gasteiger partial charge in [0.1, 0.15) is 0 Å². The maximum Gasteiger partial charge on any atom is 0.258 e. The molecule has 7 nitrogen and oxygen atoms in total. The molecular formula is C9H9BrN4O3S2. The van der Waals surface area contributed by atoms with Crippen LogP contribution < -0.4 is 21.3 Å². The maximum absolute atomic E-state index is 12.0. The molecule has 1 aromatic rings. The van der Waals surface area contributed by atoms with Crippen molar-refractivity contribution >= 4 is 54.9 Å². The highest BCUT2D eigenvalue weighted by molar-refractivity contribution is 9.10. The summed E-state index contributed by atoms with van der Waals surface area (Å²) in [6.07, 6.45) is 0.147. The van der Waals surface area contributed by atoms with Gasteiger partial charge in [0, 0.05) is 10.2 Å². The molecule has 0 bridgehead atoms. The molecule has 1 amide bonds. The lowest BCUT2D eigenvalue weighted by Crippen LogP contribution is -2.44. The highest BCUT2D eigenvalue weighted by atomic mass is 79.9. The highest BCUT2D eigenvalue weighted by Gasteiger charge is 2.24. The Hall–Kier alpha value is -1.23. The van der Waals surface area contributed by atoms with Crippen LogP contribution >= 0.6 is 28.1 Å². The largest absolute Gasteiger partial charge is 0.375 e. The molecule has 102 valence electrons. The van der Waals surface area contributed by atoms with Gasteiger partial charge in [-0.05, 0) is 45.8 Å². The predicted molar refractivity (Wildman–Crippen MR) is 76.7 cm³/mol. The average molecular weight is 365 g/mol. The quantitative estimate of drug-likeness (QED) is 0.442. The predicted octanol–water partition coefficient (Wildman–Crippen LogP) is -0.0298. The van der Waals surface area contributed by atoms with Crippen LogP contribution in [0.3, 0.4) is 0 Å². The van der Waals surface area contributed by atoms with Crippen molar-refractivity contribution in [3.8, 4) is 0 Å². The van der Waals surface area contributed by atoms with Gasteiger partial charge in [0.15, 0.2) is 5.11 Å². The molecular weight excluding hydrogens is 356 g/mol. The van der Waals surface area contributed by atoms with Crippen molar-refractivity contribution in [1.29, 1.82) is 0 Å². The minimum atomic E-state index is -3.84. The highest BCUT2D eigenvalue weighted by Crippen LogP contribution is 2.32. The number of benzene rings is 1. The lowest BCUT2D eigenvalue weighted by Gasteiger charge is -2.10. The van der Waals surface area contributed by atoms with Gasteiger partial charge in [-0.15, -0.1) is 4.83 Å². The third-order valence-electron chi connectivity index (χ3n) is 2.38. The Balaban J connectivity index is 2.38. The number of nitrogens with two attached hydrogens (primary N) is 1. The van der Waals surface area contributed by atoms with E-state index in [0.29, 0.717) is 15.7 Å². The van der Waals surface area contributed by atoms with Gasteiger partial charge in [-0.2, -0.15) is 0 Å². The number of amides is 1. The summed E-state index contributed by atoms with van der Waals surface area (Å²) >= 11 is 7.66. The van der Waals surface area contributed by atoms with Gasteiger partial charge in [0.2, 0.25) is 5.91 Å². The normalized spacial score (nSPS) is 13.8. The number of anilines is 1. The van der Waals surface area contributed by atoms with E-state index in [-0.39, 0.29) is 22.3 Å². The number of fused-ring (bicyclic) bond motifs is 1. The first-order valence-electron chi connectivity index (χ1n) is 4.99. The fourth-order valence-electron chi connectivity index (χ4n) is 1.60. The van der Waals surface area contributed by atoms with E-state index in [4.69, 9.17) is 5.73 Å². The Morgan fingerprint density at radius 2 is 2.16 bits per heavy atom. The maximum atomic E-state index is 12.0. The van der Waals surface area contributed by atoms with Gasteiger partial charge in [-0.25, -0.2) is 8.42 Å². The fraction of sp³-hybridized carbons (Fsp3) is 0.111. The summed E-state index contributed by atoms with van der Waals surface area (Å²) in [7, 11) is -3.84. The summed E-state index contributed by atoms with van der Waals surface area (Å²) in [4.78, 5) is 13.3. The van der Waals surface area contributed by atoms with Crippen LogP contribution in [0.25, 0.3) is 0 Å². The van der Waals surface area contributed by atoms with Crippen LogP contribution in [0.4, 0.5) is 5.69 Å². The van der Waals surface area contributed by atoms with E-state index in [1.165, 1.54) is 12.1 Å². The van der Waals surface area contributed by atoms with E-state index in [0.717, 1.165) is 0 Å². The molecule has 0 aromatic heterocycles. The summed E-state index contributed by atoms with van der Waals surface area (Å²) < 4.78 is 24.4. The van der Waals surface area contributed by atoms with Crippen LogP contribution in [0.15, 0.2) is 21.5 Å². The Kier molecular flexibility index (Phi) is 3.76. The number of hydrazine groups is 1. The minimum Gasteiger partial charge on any atom is -0.375 e. The second-order valence-corrected chi connectivity index (χ2v) is 6.70. The number of rotatable bonds is 3. The molecule has 2 rings (SSSR count). The zero-order valence-electron chi connectivity index (χ0n) is 9.36. The number of sulfonamides is 1. The first kappa shape index (κ1) is 14.2. The van der Waals surface area contributed by atoms with Crippen molar-refractivity contribution in [2.24, 2.45) is 5.73 Å². The summed E-state index contributed by atoms with van der Waals surface area (Å²) in [5, 5.41) is 2.43. The zero-order valence-corrected chi connectivity index (χ0v) is 12.6. The molecule has 1 aliphatic heterocycles. The van der Waals surface area contributed by atoms with Crippen LogP contribution in [0.2, 0.25) is 0 Å². The van der Waals surface area contributed by atoms with Gasteiger partial charge in [0.25, 0.3) is 10.0 Å². The topological polar surface area (TPSA) is 113 Å². The lowest BCUT2D eigenvalue weighted by atomic mass is 10.2. The van der Waals surface area contributed by atoms with E-state index in [1.54, 1.807) is 0 Å². The number of nitrogens with one attached hydrogen (secondary N) is 3. The third kappa shape index (κ3) is 3.03. The molecule has 19 heavy (non-hydrogen) atoms. The molecule has 1 aliphatic rings. The number of carbonyl (C=O) groups excluding carboxylic acids is 1. The van der Waals surface area contributed by atoms with Crippen molar-refractivity contribution in [2.75, 3.05) is 5.32 Å². The van der Waals surface area contributed by atoms with Crippen molar-refractivity contribution in [3.63, 3.8) is 0 Å². The van der Waals surface area contributed by atoms with E-state index >= 15 is 0 Å². The van der Waals surface area contributed by atoms with Crippen molar-refractivity contribution < 1.29 is 13.2 Å². The van der Waals surface area contributed by atoms with Crippen LogP contribution in [0, 0.1) is 0 Å². The van der Waals surface area contributed by atoms with Crippen molar-refractivity contribution in [3.05, 3.63) is 22.2 Å². The Morgan fingerprint density at radius 3 is 2.79 bits per heavy atom. The molecule has 0 atom stereocenters. The molecule has 0 saturated carbocycles. The van der Waals surface area contributed by atoms with Crippen LogP contribution in [-0.2, 0) is 21.2 Å². The fourth-order valence-corrected chi connectivity index (χ4v) is 3.67.